The van der Waals surface area contributed by atoms with Crippen molar-refractivity contribution in [1.29, 1.82) is 0 Å². The highest BCUT2D eigenvalue weighted by molar-refractivity contribution is 7.98. The molecular formula is C16H21NO6S. The molecule has 7 nitrogen and oxygen atoms in total. The molecule has 0 saturated carbocycles. The first-order valence-electron chi connectivity index (χ1n) is 7.45. The van der Waals surface area contributed by atoms with Gasteiger partial charge in [0.1, 0.15) is 0 Å². The molecule has 0 fully saturated rings. The fourth-order valence-electron chi connectivity index (χ4n) is 2.20. The number of thioether (sulfide) groups is 1. The van der Waals surface area contributed by atoms with Gasteiger partial charge in [0, 0.05) is 6.07 Å². The highest BCUT2D eigenvalue weighted by Gasteiger charge is 2.44. The van der Waals surface area contributed by atoms with Crippen LogP contribution in [0.15, 0.2) is 23.1 Å². The number of carbonyl (C=O) groups excluding carboxylic acids is 2. The van der Waals surface area contributed by atoms with Crippen LogP contribution < -0.4 is 0 Å². The first kappa shape index (κ1) is 20.0. The van der Waals surface area contributed by atoms with E-state index in [4.69, 9.17) is 9.47 Å². The lowest BCUT2D eigenvalue weighted by atomic mass is 9.83. The molecule has 0 bridgehead atoms. The number of hydrogen-bond donors (Lipinski definition) is 0. The van der Waals surface area contributed by atoms with Crippen LogP contribution >= 0.6 is 11.8 Å². The van der Waals surface area contributed by atoms with E-state index >= 15 is 0 Å². The third kappa shape index (κ3) is 4.47. The van der Waals surface area contributed by atoms with Crippen LogP contribution in [-0.2, 0) is 25.5 Å². The summed E-state index contributed by atoms with van der Waals surface area (Å²) >= 11 is 1.25. The van der Waals surface area contributed by atoms with Gasteiger partial charge >= 0.3 is 11.9 Å². The van der Waals surface area contributed by atoms with Crippen molar-refractivity contribution in [3.63, 3.8) is 0 Å². The molecule has 0 atom stereocenters. The maximum atomic E-state index is 12.3. The fourth-order valence-corrected chi connectivity index (χ4v) is 2.75. The summed E-state index contributed by atoms with van der Waals surface area (Å²) < 4.78 is 9.98. The Morgan fingerprint density at radius 3 is 2.17 bits per heavy atom. The van der Waals surface area contributed by atoms with Crippen LogP contribution in [0, 0.1) is 15.5 Å². The smallest absolute Gasteiger partial charge is 0.323 e. The van der Waals surface area contributed by atoms with Gasteiger partial charge in [0.15, 0.2) is 5.41 Å². The summed E-state index contributed by atoms with van der Waals surface area (Å²) in [7, 11) is 0. The molecule has 0 aliphatic heterocycles. The lowest BCUT2D eigenvalue weighted by Crippen LogP contribution is -2.41. The number of carbonyl (C=O) groups is 2. The standard InChI is InChI=1S/C16H21NO6S/c1-5-22-14(18)16(3,15(19)23-6-2)10-11-7-8-13(24-4)12(9-11)17(20)21/h7-9H,5-6,10H2,1-4H3. The Kier molecular flexibility index (Phi) is 7.21. The van der Waals surface area contributed by atoms with Gasteiger partial charge in [-0.2, -0.15) is 0 Å². The zero-order valence-electron chi connectivity index (χ0n) is 14.2. The van der Waals surface area contributed by atoms with Gasteiger partial charge in [-0.3, -0.25) is 19.7 Å². The number of nitro benzene ring substituents is 1. The molecule has 0 aliphatic carbocycles. The molecule has 24 heavy (non-hydrogen) atoms. The zero-order valence-corrected chi connectivity index (χ0v) is 15.0. The van der Waals surface area contributed by atoms with Gasteiger partial charge in [0.05, 0.1) is 23.0 Å². The summed E-state index contributed by atoms with van der Waals surface area (Å²) in [5.41, 5.74) is -1.13. The van der Waals surface area contributed by atoms with E-state index in [1.54, 1.807) is 32.2 Å². The maximum Gasteiger partial charge on any atom is 0.323 e. The normalized spacial score (nSPS) is 11.0. The summed E-state index contributed by atoms with van der Waals surface area (Å²) in [6, 6.07) is 4.65. The Morgan fingerprint density at radius 2 is 1.75 bits per heavy atom. The van der Waals surface area contributed by atoms with Gasteiger partial charge < -0.3 is 9.47 Å². The van der Waals surface area contributed by atoms with Gasteiger partial charge in [-0.25, -0.2) is 0 Å². The molecule has 0 aromatic heterocycles. The molecule has 1 aromatic rings. The van der Waals surface area contributed by atoms with Gasteiger partial charge in [0.25, 0.3) is 5.69 Å². The predicted octanol–water partition coefficient (Wildman–Crippen LogP) is 2.99. The van der Waals surface area contributed by atoms with E-state index in [-0.39, 0.29) is 25.3 Å². The highest BCUT2D eigenvalue weighted by atomic mass is 32.2. The second-order valence-corrected chi connectivity index (χ2v) is 6.06. The van der Waals surface area contributed by atoms with Crippen LogP contribution in [0.1, 0.15) is 26.3 Å². The lowest BCUT2D eigenvalue weighted by molar-refractivity contribution is -0.387. The molecule has 0 aliphatic rings. The van der Waals surface area contributed by atoms with E-state index < -0.39 is 22.3 Å². The molecule has 0 heterocycles. The second-order valence-electron chi connectivity index (χ2n) is 5.21. The van der Waals surface area contributed by atoms with E-state index in [2.05, 4.69) is 0 Å². The summed E-state index contributed by atoms with van der Waals surface area (Å²) in [5.74, 6) is -1.42. The van der Waals surface area contributed by atoms with Gasteiger partial charge in [0.2, 0.25) is 0 Å². The van der Waals surface area contributed by atoms with Crippen LogP contribution in [0.2, 0.25) is 0 Å². The molecule has 1 aromatic carbocycles. The van der Waals surface area contributed by atoms with Crippen LogP contribution in [0.3, 0.4) is 0 Å². The zero-order chi connectivity index (χ0) is 18.3. The van der Waals surface area contributed by atoms with E-state index in [1.807, 2.05) is 0 Å². The summed E-state index contributed by atoms with van der Waals surface area (Å²) in [5, 5.41) is 11.2. The van der Waals surface area contributed by atoms with Crippen molar-refractivity contribution in [2.45, 2.75) is 32.1 Å². The number of nitro groups is 1. The van der Waals surface area contributed by atoms with Crippen molar-refractivity contribution in [3.8, 4) is 0 Å². The molecule has 0 amide bonds. The molecule has 0 radical (unpaired) electrons. The largest absolute Gasteiger partial charge is 0.465 e. The number of ether oxygens (including phenoxy) is 2. The minimum Gasteiger partial charge on any atom is -0.465 e. The topological polar surface area (TPSA) is 95.7 Å². The molecule has 0 saturated heterocycles. The Bertz CT molecular complexity index is 613. The van der Waals surface area contributed by atoms with Crippen LogP contribution in [-0.4, -0.2) is 36.3 Å². The maximum absolute atomic E-state index is 12.3. The molecule has 0 N–H and O–H groups in total. The first-order chi connectivity index (χ1) is 11.3. The number of esters is 2. The van der Waals surface area contributed by atoms with E-state index in [9.17, 15) is 19.7 Å². The third-order valence-corrected chi connectivity index (χ3v) is 4.23. The van der Waals surface area contributed by atoms with Crippen LogP contribution in [0.25, 0.3) is 0 Å². The first-order valence-corrected chi connectivity index (χ1v) is 8.68. The molecule has 0 unspecified atom stereocenters. The summed E-state index contributed by atoms with van der Waals surface area (Å²) in [4.78, 5) is 35.7. The summed E-state index contributed by atoms with van der Waals surface area (Å²) in [6.45, 7) is 4.96. The van der Waals surface area contributed by atoms with Crippen LogP contribution in [0.5, 0.6) is 0 Å². The Hall–Kier alpha value is -2.09. The van der Waals surface area contributed by atoms with Crippen molar-refractivity contribution < 1.29 is 24.0 Å². The number of nitrogens with zero attached hydrogens (tertiary/aromatic N) is 1. The minimum atomic E-state index is -1.55. The van der Waals surface area contributed by atoms with Crippen molar-refractivity contribution in [1.82, 2.24) is 0 Å². The number of benzene rings is 1. The Labute approximate surface area is 144 Å². The molecule has 132 valence electrons. The molecular weight excluding hydrogens is 334 g/mol. The summed E-state index contributed by atoms with van der Waals surface area (Å²) in [6.07, 6.45) is 1.70. The molecule has 8 heteroatoms. The fraction of sp³-hybridized carbons (Fsp3) is 0.500. The van der Waals surface area contributed by atoms with E-state index in [0.29, 0.717) is 10.5 Å². The van der Waals surface area contributed by atoms with Gasteiger partial charge in [-0.05, 0) is 45.1 Å². The second kappa shape index (κ2) is 8.68. The average Bonchev–Trinajstić information content (AvgIpc) is 2.54. The molecule has 0 spiro atoms. The van der Waals surface area contributed by atoms with Gasteiger partial charge in [-0.1, -0.05) is 6.07 Å². The average molecular weight is 355 g/mol. The third-order valence-electron chi connectivity index (χ3n) is 3.45. The predicted molar refractivity (Wildman–Crippen MR) is 90.0 cm³/mol. The Balaban J connectivity index is 3.23. The van der Waals surface area contributed by atoms with E-state index in [0.717, 1.165) is 0 Å². The SMILES string of the molecule is CCOC(=O)C(C)(Cc1ccc(SC)c([N+](=O)[O-])c1)C(=O)OCC. The Morgan fingerprint density at radius 1 is 1.21 bits per heavy atom. The quantitative estimate of drug-likeness (QED) is 0.232. The van der Waals surface area contributed by atoms with Crippen molar-refractivity contribution in [2.75, 3.05) is 19.5 Å². The number of hydrogen-bond acceptors (Lipinski definition) is 7. The van der Waals surface area contributed by atoms with Crippen molar-refractivity contribution >= 4 is 29.4 Å². The van der Waals surface area contributed by atoms with Crippen molar-refractivity contribution in [2.24, 2.45) is 5.41 Å². The monoisotopic (exact) mass is 355 g/mol. The minimum absolute atomic E-state index is 0.0415. The lowest BCUT2D eigenvalue weighted by Gasteiger charge is -2.25. The van der Waals surface area contributed by atoms with E-state index in [1.165, 1.54) is 24.8 Å². The molecule has 1 rings (SSSR count). The number of rotatable bonds is 8. The van der Waals surface area contributed by atoms with Crippen molar-refractivity contribution in [3.05, 3.63) is 33.9 Å². The van der Waals surface area contributed by atoms with Crippen LogP contribution in [0.4, 0.5) is 5.69 Å². The van der Waals surface area contributed by atoms with Gasteiger partial charge in [-0.15, -0.1) is 11.8 Å². The highest BCUT2D eigenvalue weighted by Crippen LogP contribution is 2.32.